The smallest absolute Gasteiger partial charge is 0.360 e. The Balaban J connectivity index is 2.11. The number of carbonyl (C=O) groups is 1. The number of aryl methyl sites for hydroxylation is 1. The monoisotopic (exact) mass is 278 g/mol. The fourth-order valence-corrected chi connectivity index (χ4v) is 1.61. The van der Waals surface area contributed by atoms with Crippen LogP contribution in [0.5, 0.6) is 0 Å². The topological polar surface area (TPSA) is 87.7 Å². The van der Waals surface area contributed by atoms with Crippen LogP contribution in [-0.2, 0) is 18.3 Å². The van der Waals surface area contributed by atoms with Crippen LogP contribution in [0.3, 0.4) is 0 Å². The van der Waals surface area contributed by atoms with Gasteiger partial charge in [-0.2, -0.15) is 5.10 Å². The molecule has 2 heterocycles. The molecule has 0 unspecified atom stereocenters. The van der Waals surface area contributed by atoms with Crippen molar-refractivity contribution in [1.82, 2.24) is 29.8 Å². The van der Waals surface area contributed by atoms with Crippen LogP contribution >= 0.6 is 0 Å². The lowest BCUT2D eigenvalue weighted by Crippen LogP contribution is -2.13. The molecule has 0 aromatic carbocycles. The third-order valence-corrected chi connectivity index (χ3v) is 2.82. The molecule has 2 aromatic rings. The van der Waals surface area contributed by atoms with Crippen LogP contribution in [0.1, 0.15) is 35.9 Å². The summed E-state index contributed by atoms with van der Waals surface area (Å²) >= 11 is 0. The molecular weight excluding hydrogens is 260 g/mol. The van der Waals surface area contributed by atoms with Gasteiger partial charge in [0.05, 0.1) is 12.3 Å². The Morgan fingerprint density at radius 3 is 2.80 bits per heavy atom. The summed E-state index contributed by atoms with van der Waals surface area (Å²) in [7, 11) is 1.80. The largest absolute Gasteiger partial charge is 0.461 e. The van der Waals surface area contributed by atoms with E-state index < -0.39 is 5.97 Å². The number of carbonyl (C=O) groups excluding carboxylic acids is 1. The highest BCUT2D eigenvalue weighted by Gasteiger charge is 2.19. The molecule has 20 heavy (non-hydrogen) atoms. The van der Waals surface area contributed by atoms with Crippen LogP contribution in [0.2, 0.25) is 0 Å². The highest BCUT2D eigenvalue weighted by molar-refractivity contribution is 5.88. The number of hydrogen-bond acceptors (Lipinski definition) is 6. The zero-order valence-electron chi connectivity index (χ0n) is 12.1. The molecule has 0 bridgehead atoms. The van der Waals surface area contributed by atoms with E-state index >= 15 is 0 Å². The van der Waals surface area contributed by atoms with Crippen LogP contribution in [0.15, 0.2) is 6.33 Å². The lowest BCUT2D eigenvalue weighted by atomic mass is 10.2. The van der Waals surface area contributed by atoms with Crippen LogP contribution in [0.4, 0.5) is 0 Å². The summed E-state index contributed by atoms with van der Waals surface area (Å²) in [4.78, 5) is 16.0. The average molecular weight is 278 g/mol. The fourth-order valence-electron chi connectivity index (χ4n) is 1.61. The standard InChI is InChI=1S/C12H18N6O2/c1-8(2)6-20-12(19)11-9(3)18(16-15-11)5-10-13-7-14-17(10)4/h7-8H,5-6H2,1-4H3. The van der Waals surface area contributed by atoms with Gasteiger partial charge in [0.1, 0.15) is 18.7 Å². The van der Waals surface area contributed by atoms with Crippen LogP contribution in [0, 0.1) is 12.8 Å². The van der Waals surface area contributed by atoms with Gasteiger partial charge < -0.3 is 4.74 Å². The van der Waals surface area contributed by atoms with Crippen LogP contribution < -0.4 is 0 Å². The van der Waals surface area contributed by atoms with E-state index in [0.29, 0.717) is 18.8 Å². The predicted molar refractivity (Wildman–Crippen MR) is 70.0 cm³/mol. The molecule has 0 aliphatic carbocycles. The van der Waals surface area contributed by atoms with Gasteiger partial charge in [-0.15, -0.1) is 5.10 Å². The summed E-state index contributed by atoms with van der Waals surface area (Å²) in [6, 6.07) is 0. The van der Waals surface area contributed by atoms with E-state index in [2.05, 4.69) is 20.4 Å². The third-order valence-electron chi connectivity index (χ3n) is 2.82. The summed E-state index contributed by atoms with van der Waals surface area (Å²) in [5.74, 6) is 0.577. The molecule has 108 valence electrons. The number of rotatable bonds is 5. The van der Waals surface area contributed by atoms with Gasteiger partial charge in [-0.05, 0) is 12.8 Å². The second kappa shape index (κ2) is 5.81. The molecular formula is C12H18N6O2. The maximum atomic E-state index is 11.9. The molecule has 0 fully saturated rings. The van der Waals surface area contributed by atoms with E-state index in [0.717, 1.165) is 5.82 Å². The minimum Gasteiger partial charge on any atom is -0.461 e. The Morgan fingerprint density at radius 1 is 1.45 bits per heavy atom. The van der Waals surface area contributed by atoms with Crippen molar-refractivity contribution >= 4 is 5.97 Å². The Bertz CT molecular complexity index is 601. The van der Waals surface area contributed by atoms with E-state index in [4.69, 9.17) is 4.74 Å². The predicted octanol–water partition coefficient (Wildman–Crippen LogP) is 0.576. The molecule has 2 rings (SSSR count). The van der Waals surface area contributed by atoms with Crippen LogP contribution in [0.25, 0.3) is 0 Å². The summed E-state index contributed by atoms with van der Waals surface area (Å²) in [6.07, 6.45) is 1.47. The van der Waals surface area contributed by atoms with Gasteiger partial charge in [-0.1, -0.05) is 19.1 Å². The molecule has 0 N–H and O–H groups in total. The SMILES string of the molecule is Cc1c(C(=O)OCC(C)C)nnn1Cc1ncnn1C. The molecule has 0 saturated carbocycles. The first-order chi connectivity index (χ1) is 9.49. The first-order valence-corrected chi connectivity index (χ1v) is 6.39. The van der Waals surface area contributed by atoms with Crippen molar-refractivity contribution in [3.8, 4) is 0 Å². The first-order valence-electron chi connectivity index (χ1n) is 6.39. The average Bonchev–Trinajstić information content (AvgIpc) is 2.95. The number of esters is 1. The lowest BCUT2D eigenvalue weighted by molar-refractivity contribution is 0.0451. The zero-order chi connectivity index (χ0) is 14.7. The molecule has 0 amide bonds. The maximum Gasteiger partial charge on any atom is 0.360 e. The van der Waals surface area contributed by atoms with Crippen LogP contribution in [-0.4, -0.2) is 42.3 Å². The van der Waals surface area contributed by atoms with Crippen molar-refractivity contribution in [2.75, 3.05) is 6.61 Å². The molecule has 0 saturated heterocycles. The zero-order valence-corrected chi connectivity index (χ0v) is 12.1. The van der Waals surface area contributed by atoms with E-state index in [1.165, 1.54) is 6.33 Å². The second-order valence-electron chi connectivity index (χ2n) is 4.97. The highest BCUT2D eigenvalue weighted by atomic mass is 16.5. The summed E-state index contributed by atoms with van der Waals surface area (Å²) in [5.41, 5.74) is 0.898. The van der Waals surface area contributed by atoms with E-state index in [9.17, 15) is 4.79 Å². The van der Waals surface area contributed by atoms with Gasteiger partial charge in [0.15, 0.2) is 5.69 Å². The quantitative estimate of drug-likeness (QED) is 0.743. The van der Waals surface area contributed by atoms with Gasteiger partial charge in [-0.3, -0.25) is 4.68 Å². The maximum absolute atomic E-state index is 11.9. The van der Waals surface area contributed by atoms with Gasteiger partial charge in [0.25, 0.3) is 0 Å². The molecule has 0 radical (unpaired) electrons. The van der Waals surface area contributed by atoms with Crippen molar-refractivity contribution < 1.29 is 9.53 Å². The fraction of sp³-hybridized carbons (Fsp3) is 0.583. The normalized spacial score (nSPS) is 11.1. The highest BCUT2D eigenvalue weighted by Crippen LogP contribution is 2.08. The van der Waals surface area contributed by atoms with Crippen molar-refractivity contribution in [1.29, 1.82) is 0 Å². The molecule has 0 spiro atoms. The molecule has 0 aliphatic rings. The summed E-state index contributed by atoms with van der Waals surface area (Å²) < 4.78 is 8.41. The molecule has 0 aliphatic heterocycles. The number of aromatic nitrogens is 6. The number of hydrogen-bond donors (Lipinski definition) is 0. The third kappa shape index (κ3) is 3.01. The number of ether oxygens (including phenoxy) is 1. The molecule has 0 atom stereocenters. The van der Waals surface area contributed by atoms with E-state index in [-0.39, 0.29) is 11.6 Å². The van der Waals surface area contributed by atoms with Gasteiger partial charge in [0, 0.05) is 7.05 Å². The Kier molecular flexibility index (Phi) is 4.11. The Labute approximate surface area is 116 Å². The lowest BCUT2D eigenvalue weighted by Gasteiger charge is -2.06. The first kappa shape index (κ1) is 14.2. The molecule has 8 nitrogen and oxygen atoms in total. The van der Waals surface area contributed by atoms with Gasteiger partial charge >= 0.3 is 5.97 Å². The van der Waals surface area contributed by atoms with Gasteiger partial charge in [-0.25, -0.2) is 14.5 Å². The van der Waals surface area contributed by atoms with E-state index in [1.54, 1.807) is 23.3 Å². The van der Waals surface area contributed by atoms with Crippen molar-refractivity contribution in [2.45, 2.75) is 27.3 Å². The Hall–Kier alpha value is -2.25. The minimum atomic E-state index is -0.444. The van der Waals surface area contributed by atoms with Crippen molar-refractivity contribution in [3.05, 3.63) is 23.5 Å². The Morgan fingerprint density at radius 2 is 2.20 bits per heavy atom. The second-order valence-corrected chi connectivity index (χ2v) is 4.97. The van der Waals surface area contributed by atoms with E-state index in [1.807, 2.05) is 13.8 Å². The summed E-state index contributed by atoms with van der Waals surface area (Å²) in [5, 5.41) is 11.8. The van der Waals surface area contributed by atoms with Crippen molar-refractivity contribution in [3.63, 3.8) is 0 Å². The minimum absolute atomic E-state index is 0.243. The van der Waals surface area contributed by atoms with Crippen molar-refractivity contribution in [2.24, 2.45) is 13.0 Å². The summed E-state index contributed by atoms with van der Waals surface area (Å²) in [6.45, 7) is 6.51. The molecule has 2 aromatic heterocycles. The number of nitrogens with zero attached hydrogens (tertiary/aromatic N) is 6. The van der Waals surface area contributed by atoms with Gasteiger partial charge in [0.2, 0.25) is 0 Å². The molecule has 8 heteroatoms.